The first-order chi connectivity index (χ1) is 10.1. The number of hydrogen-bond acceptors (Lipinski definition) is 5. The number of likely N-dealkylation sites (tertiary alicyclic amines) is 1. The van der Waals surface area contributed by atoms with Crippen molar-refractivity contribution in [3.8, 4) is 5.75 Å². The number of carbonyl (C=O) groups is 2. The fourth-order valence-electron chi connectivity index (χ4n) is 2.29. The SMILES string of the molecule is O=C(O)C(=O)O[C@@H]1CCN(CCCOc2ccccc2)C1. The Bertz CT molecular complexity index is 476. The second-order valence-corrected chi connectivity index (χ2v) is 4.94. The molecule has 6 heteroatoms. The van der Waals surface area contributed by atoms with E-state index in [-0.39, 0.29) is 6.10 Å². The summed E-state index contributed by atoms with van der Waals surface area (Å²) >= 11 is 0. The molecule has 0 aromatic heterocycles. The van der Waals surface area contributed by atoms with Crippen molar-refractivity contribution in [2.45, 2.75) is 18.9 Å². The number of esters is 1. The molecule has 1 atom stereocenters. The minimum atomic E-state index is -1.54. The maximum atomic E-state index is 11.0. The molecule has 0 spiro atoms. The lowest BCUT2D eigenvalue weighted by atomic mass is 10.3. The number of carboxylic acid groups (broad SMARTS) is 1. The maximum Gasteiger partial charge on any atom is 0.417 e. The number of ether oxygens (including phenoxy) is 2. The highest BCUT2D eigenvalue weighted by atomic mass is 16.6. The summed E-state index contributed by atoms with van der Waals surface area (Å²) in [6.45, 7) is 2.86. The van der Waals surface area contributed by atoms with Gasteiger partial charge in [-0.05, 0) is 25.0 Å². The first-order valence-electron chi connectivity index (χ1n) is 6.99. The maximum absolute atomic E-state index is 11.0. The molecule has 6 nitrogen and oxygen atoms in total. The minimum absolute atomic E-state index is 0.316. The topological polar surface area (TPSA) is 76.1 Å². The molecule has 2 rings (SSSR count). The zero-order chi connectivity index (χ0) is 15.1. The Hall–Kier alpha value is -2.08. The highest BCUT2D eigenvalue weighted by Crippen LogP contribution is 2.14. The number of para-hydroxylation sites is 1. The molecule has 0 bridgehead atoms. The summed E-state index contributed by atoms with van der Waals surface area (Å²) < 4.78 is 10.5. The van der Waals surface area contributed by atoms with Gasteiger partial charge in [-0.25, -0.2) is 9.59 Å². The van der Waals surface area contributed by atoms with Gasteiger partial charge >= 0.3 is 11.9 Å². The van der Waals surface area contributed by atoms with Crippen molar-refractivity contribution in [1.82, 2.24) is 4.90 Å². The summed E-state index contributed by atoms with van der Waals surface area (Å²) in [5.41, 5.74) is 0. The number of benzene rings is 1. The van der Waals surface area contributed by atoms with Crippen LogP contribution < -0.4 is 4.74 Å². The van der Waals surface area contributed by atoms with Crippen LogP contribution in [0.3, 0.4) is 0 Å². The molecule has 1 aliphatic rings. The van der Waals surface area contributed by atoms with Crippen molar-refractivity contribution in [1.29, 1.82) is 0 Å². The predicted octanol–water partition coefficient (Wildman–Crippen LogP) is 1.16. The van der Waals surface area contributed by atoms with Crippen LogP contribution in [0.4, 0.5) is 0 Å². The molecule has 1 aromatic rings. The van der Waals surface area contributed by atoms with Gasteiger partial charge < -0.3 is 14.6 Å². The number of nitrogens with zero attached hydrogens (tertiary/aromatic N) is 1. The molecule has 114 valence electrons. The first-order valence-corrected chi connectivity index (χ1v) is 6.99. The van der Waals surface area contributed by atoms with Gasteiger partial charge in [-0.1, -0.05) is 18.2 Å². The lowest BCUT2D eigenvalue weighted by Gasteiger charge is -2.15. The number of hydrogen-bond donors (Lipinski definition) is 1. The van der Waals surface area contributed by atoms with Crippen molar-refractivity contribution in [2.75, 3.05) is 26.2 Å². The quantitative estimate of drug-likeness (QED) is 0.482. The van der Waals surface area contributed by atoms with Crippen molar-refractivity contribution in [3.05, 3.63) is 30.3 Å². The van der Waals surface area contributed by atoms with Crippen LogP contribution in [0.25, 0.3) is 0 Å². The van der Waals surface area contributed by atoms with Gasteiger partial charge in [0.2, 0.25) is 0 Å². The van der Waals surface area contributed by atoms with Crippen molar-refractivity contribution in [2.24, 2.45) is 0 Å². The Morgan fingerprint density at radius 1 is 1.29 bits per heavy atom. The van der Waals surface area contributed by atoms with Gasteiger partial charge in [0.1, 0.15) is 11.9 Å². The fourth-order valence-corrected chi connectivity index (χ4v) is 2.29. The molecule has 0 aliphatic carbocycles. The molecule has 1 aromatic carbocycles. The van der Waals surface area contributed by atoms with Crippen LogP contribution in [0.15, 0.2) is 30.3 Å². The standard InChI is InChI=1S/C15H19NO5/c17-14(18)15(19)21-13-7-9-16(11-13)8-4-10-20-12-5-2-1-3-6-12/h1-3,5-6,13H,4,7-11H2,(H,17,18)/t13-/m1/s1. The Balaban J connectivity index is 1.60. The van der Waals surface area contributed by atoms with Crippen LogP contribution >= 0.6 is 0 Å². The number of carbonyl (C=O) groups excluding carboxylic acids is 1. The van der Waals surface area contributed by atoms with Gasteiger partial charge in [0.25, 0.3) is 0 Å². The molecule has 0 unspecified atom stereocenters. The molecule has 1 fully saturated rings. The highest BCUT2D eigenvalue weighted by Gasteiger charge is 2.27. The highest BCUT2D eigenvalue weighted by molar-refractivity contribution is 6.28. The van der Waals surface area contributed by atoms with Crippen LogP contribution in [-0.2, 0) is 14.3 Å². The Morgan fingerprint density at radius 3 is 2.76 bits per heavy atom. The average Bonchev–Trinajstić information content (AvgIpc) is 2.92. The van der Waals surface area contributed by atoms with Gasteiger partial charge in [-0.15, -0.1) is 0 Å². The van der Waals surface area contributed by atoms with Crippen LogP contribution in [0, 0.1) is 0 Å². The fraction of sp³-hybridized carbons (Fsp3) is 0.467. The molecule has 1 heterocycles. The summed E-state index contributed by atoms with van der Waals surface area (Å²) in [6, 6.07) is 9.62. The van der Waals surface area contributed by atoms with Gasteiger partial charge in [0.15, 0.2) is 0 Å². The largest absolute Gasteiger partial charge is 0.494 e. The van der Waals surface area contributed by atoms with E-state index in [1.54, 1.807) is 0 Å². The van der Waals surface area contributed by atoms with E-state index >= 15 is 0 Å². The first kappa shape index (κ1) is 15.3. The third-order valence-corrected chi connectivity index (χ3v) is 3.31. The normalized spacial score (nSPS) is 18.4. The molecule has 0 radical (unpaired) electrons. The molecular weight excluding hydrogens is 274 g/mol. The lowest BCUT2D eigenvalue weighted by Crippen LogP contribution is -2.28. The Morgan fingerprint density at radius 2 is 2.05 bits per heavy atom. The monoisotopic (exact) mass is 293 g/mol. The molecular formula is C15H19NO5. The minimum Gasteiger partial charge on any atom is -0.494 e. The Labute approximate surface area is 123 Å². The molecule has 1 saturated heterocycles. The third-order valence-electron chi connectivity index (χ3n) is 3.31. The average molecular weight is 293 g/mol. The molecule has 0 amide bonds. The second-order valence-electron chi connectivity index (χ2n) is 4.94. The zero-order valence-electron chi connectivity index (χ0n) is 11.7. The van der Waals surface area contributed by atoms with Crippen molar-refractivity contribution >= 4 is 11.9 Å². The van der Waals surface area contributed by atoms with E-state index < -0.39 is 11.9 Å². The van der Waals surface area contributed by atoms with E-state index in [1.807, 2.05) is 30.3 Å². The Kier molecular flexibility index (Phi) is 5.57. The van der Waals surface area contributed by atoms with Gasteiger partial charge in [0, 0.05) is 19.6 Å². The van der Waals surface area contributed by atoms with Crippen molar-refractivity contribution < 1.29 is 24.2 Å². The number of carboxylic acids is 1. The van der Waals surface area contributed by atoms with E-state index in [0.717, 1.165) is 25.3 Å². The van der Waals surface area contributed by atoms with E-state index in [2.05, 4.69) is 4.90 Å². The summed E-state index contributed by atoms with van der Waals surface area (Å²) in [6.07, 6.45) is 1.23. The van der Waals surface area contributed by atoms with Crippen LogP contribution in [0.5, 0.6) is 5.75 Å². The summed E-state index contributed by atoms with van der Waals surface area (Å²) in [5.74, 6) is -1.86. The molecule has 1 N–H and O–H groups in total. The molecule has 1 aliphatic heterocycles. The number of rotatable bonds is 6. The second kappa shape index (κ2) is 7.64. The van der Waals surface area contributed by atoms with Crippen LogP contribution in [0.2, 0.25) is 0 Å². The van der Waals surface area contributed by atoms with Gasteiger partial charge in [0.05, 0.1) is 6.61 Å². The number of aliphatic carboxylic acids is 1. The van der Waals surface area contributed by atoms with Gasteiger partial charge in [-0.2, -0.15) is 0 Å². The van der Waals surface area contributed by atoms with E-state index in [0.29, 0.717) is 19.6 Å². The van der Waals surface area contributed by atoms with Crippen molar-refractivity contribution in [3.63, 3.8) is 0 Å². The molecule has 21 heavy (non-hydrogen) atoms. The summed E-state index contributed by atoms with van der Waals surface area (Å²) in [5, 5.41) is 8.49. The van der Waals surface area contributed by atoms with Crippen LogP contribution in [0.1, 0.15) is 12.8 Å². The van der Waals surface area contributed by atoms with Crippen LogP contribution in [-0.4, -0.2) is 54.3 Å². The summed E-state index contributed by atoms with van der Waals surface area (Å²) in [7, 11) is 0. The zero-order valence-corrected chi connectivity index (χ0v) is 11.7. The lowest BCUT2D eigenvalue weighted by molar-refractivity contribution is -0.167. The van der Waals surface area contributed by atoms with E-state index in [1.165, 1.54) is 0 Å². The van der Waals surface area contributed by atoms with E-state index in [4.69, 9.17) is 14.6 Å². The van der Waals surface area contributed by atoms with E-state index in [9.17, 15) is 9.59 Å². The van der Waals surface area contributed by atoms with Gasteiger partial charge in [-0.3, -0.25) is 4.90 Å². The smallest absolute Gasteiger partial charge is 0.417 e. The molecule has 0 saturated carbocycles. The predicted molar refractivity (Wildman–Crippen MR) is 75.1 cm³/mol. The summed E-state index contributed by atoms with van der Waals surface area (Å²) in [4.78, 5) is 23.5. The third kappa shape index (κ3) is 5.07.